The second kappa shape index (κ2) is 7.96. The first-order chi connectivity index (χ1) is 10.4. The van der Waals surface area contributed by atoms with Gasteiger partial charge >= 0.3 is 0 Å². The van der Waals surface area contributed by atoms with Crippen molar-refractivity contribution in [3.63, 3.8) is 0 Å². The van der Waals surface area contributed by atoms with E-state index in [4.69, 9.17) is 10.5 Å². The first kappa shape index (κ1) is 19.7. The molecule has 1 heterocycles. The molecule has 2 rings (SSSR count). The van der Waals surface area contributed by atoms with Crippen molar-refractivity contribution >= 4 is 28.3 Å². The number of hydrogen-bond acceptors (Lipinski definition) is 5. The maximum Gasteiger partial charge on any atom is 0.253 e. The average molecular weight is 364 g/mol. The van der Waals surface area contributed by atoms with Gasteiger partial charge in [-0.1, -0.05) is 0 Å². The molecule has 1 saturated heterocycles. The minimum Gasteiger partial charge on any atom is -0.495 e. The molecule has 1 aliphatic heterocycles. The molecule has 130 valence electrons. The highest BCUT2D eigenvalue weighted by atomic mass is 35.5. The summed E-state index contributed by atoms with van der Waals surface area (Å²) in [5, 5.41) is 0. The third kappa shape index (κ3) is 4.35. The van der Waals surface area contributed by atoms with E-state index in [1.165, 1.54) is 26.3 Å². The standard InChI is InChI=1S/C14H21N3O4S.ClH/c1-16-22(19,20)13-8-10(5-6-12(13)21-2)14(18)17-7-3-4-11(15)9-17;/h5-6,8,11,16H,3-4,7,9,15H2,1-2H3;1H. The molecule has 1 amide bonds. The minimum absolute atomic E-state index is 0. The molecule has 1 aromatic rings. The predicted molar refractivity (Wildman–Crippen MR) is 89.6 cm³/mol. The Bertz CT molecular complexity index is 666. The van der Waals surface area contributed by atoms with Crippen LogP contribution >= 0.6 is 12.4 Å². The quantitative estimate of drug-likeness (QED) is 0.815. The Morgan fingerprint density at radius 1 is 1.43 bits per heavy atom. The van der Waals surface area contributed by atoms with Crippen molar-refractivity contribution in [3.8, 4) is 5.75 Å². The number of ether oxygens (including phenoxy) is 1. The van der Waals surface area contributed by atoms with Crippen LogP contribution in [0.3, 0.4) is 0 Å². The van der Waals surface area contributed by atoms with Gasteiger partial charge in [-0.15, -0.1) is 12.4 Å². The van der Waals surface area contributed by atoms with Gasteiger partial charge in [0, 0.05) is 24.7 Å². The summed E-state index contributed by atoms with van der Waals surface area (Å²) in [6, 6.07) is 4.36. The molecule has 1 aromatic carbocycles. The predicted octanol–water partition coefficient (Wildman–Crippen LogP) is 0.588. The van der Waals surface area contributed by atoms with Gasteiger partial charge in [0.1, 0.15) is 10.6 Å². The van der Waals surface area contributed by atoms with Crippen molar-refractivity contribution in [1.82, 2.24) is 9.62 Å². The molecule has 0 spiro atoms. The summed E-state index contributed by atoms with van der Waals surface area (Å²) in [5.74, 6) is -0.0217. The number of sulfonamides is 1. The number of rotatable bonds is 4. The van der Waals surface area contributed by atoms with E-state index < -0.39 is 10.0 Å². The Morgan fingerprint density at radius 2 is 2.13 bits per heavy atom. The van der Waals surface area contributed by atoms with E-state index in [1.54, 1.807) is 11.0 Å². The van der Waals surface area contributed by atoms with Crippen molar-refractivity contribution in [2.24, 2.45) is 5.73 Å². The number of hydrogen-bond donors (Lipinski definition) is 2. The molecule has 7 nitrogen and oxygen atoms in total. The van der Waals surface area contributed by atoms with Crippen LogP contribution in [0.15, 0.2) is 23.1 Å². The normalized spacial score (nSPS) is 18.2. The number of amides is 1. The number of piperidine rings is 1. The van der Waals surface area contributed by atoms with Crippen LogP contribution in [0.4, 0.5) is 0 Å². The number of carbonyl (C=O) groups excluding carboxylic acids is 1. The van der Waals surface area contributed by atoms with Crippen LogP contribution in [0.5, 0.6) is 5.75 Å². The maximum absolute atomic E-state index is 12.5. The Kier molecular flexibility index (Phi) is 6.82. The van der Waals surface area contributed by atoms with Crippen LogP contribution < -0.4 is 15.2 Å². The van der Waals surface area contributed by atoms with E-state index >= 15 is 0 Å². The third-order valence-corrected chi connectivity index (χ3v) is 5.15. The van der Waals surface area contributed by atoms with Gasteiger partial charge in [-0.3, -0.25) is 4.79 Å². The lowest BCUT2D eigenvalue weighted by Crippen LogP contribution is -2.45. The zero-order chi connectivity index (χ0) is 16.3. The van der Waals surface area contributed by atoms with E-state index in [9.17, 15) is 13.2 Å². The van der Waals surface area contributed by atoms with Crippen LogP contribution in [0, 0.1) is 0 Å². The van der Waals surface area contributed by atoms with Crippen LogP contribution in [-0.4, -0.2) is 52.5 Å². The van der Waals surface area contributed by atoms with Gasteiger partial charge in [-0.2, -0.15) is 0 Å². The van der Waals surface area contributed by atoms with Crippen molar-refractivity contribution in [2.45, 2.75) is 23.8 Å². The molecule has 3 N–H and O–H groups in total. The molecule has 1 aliphatic rings. The number of likely N-dealkylation sites (tertiary alicyclic amines) is 1. The van der Waals surface area contributed by atoms with Crippen LogP contribution in [-0.2, 0) is 10.0 Å². The molecule has 23 heavy (non-hydrogen) atoms. The molecule has 1 atom stereocenters. The maximum atomic E-state index is 12.5. The van der Waals surface area contributed by atoms with Gasteiger partial charge in [0.25, 0.3) is 5.91 Å². The molecular formula is C14H22ClN3O4S. The molecule has 0 aliphatic carbocycles. The smallest absolute Gasteiger partial charge is 0.253 e. The average Bonchev–Trinajstić information content (AvgIpc) is 2.53. The van der Waals surface area contributed by atoms with E-state index in [2.05, 4.69) is 4.72 Å². The van der Waals surface area contributed by atoms with E-state index in [-0.39, 0.29) is 35.0 Å². The molecular weight excluding hydrogens is 342 g/mol. The van der Waals surface area contributed by atoms with Gasteiger partial charge in [0.05, 0.1) is 7.11 Å². The highest BCUT2D eigenvalue weighted by Crippen LogP contribution is 2.25. The molecule has 1 fully saturated rings. The van der Waals surface area contributed by atoms with Gasteiger partial charge in [-0.25, -0.2) is 13.1 Å². The molecule has 0 bridgehead atoms. The van der Waals surface area contributed by atoms with Crippen molar-refractivity contribution in [2.75, 3.05) is 27.2 Å². The molecule has 0 radical (unpaired) electrons. The number of nitrogens with zero attached hydrogens (tertiary/aromatic N) is 1. The zero-order valence-electron chi connectivity index (χ0n) is 13.1. The highest BCUT2D eigenvalue weighted by molar-refractivity contribution is 7.89. The summed E-state index contributed by atoms with van der Waals surface area (Å²) in [5.41, 5.74) is 6.20. The molecule has 0 saturated carbocycles. The number of nitrogens with two attached hydrogens (primary N) is 1. The van der Waals surface area contributed by atoms with Crippen molar-refractivity contribution in [1.29, 1.82) is 0 Å². The zero-order valence-corrected chi connectivity index (χ0v) is 14.7. The number of carbonyl (C=O) groups is 1. The third-order valence-electron chi connectivity index (χ3n) is 3.71. The fraction of sp³-hybridized carbons (Fsp3) is 0.500. The minimum atomic E-state index is -3.71. The Balaban J connectivity index is 0.00000264. The van der Waals surface area contributed by atoms with E-state index in [0.29, 0.717) is 18.7 Å². The van der Waals surface area contributed by atoms with Crippen LogP contribution in [0.25, 0.3) is 0 Å². The fourth-order valence-corrected chi connectivity index (χ4v) is 3.42. The lowest BCUT2D eigenvalue weighted by molar-refractivity contribution is 0.0708. The van der Waals surface area contributed by atoms with Crippen molar-refractivity contribution in [3.05, 3.63) is 23.8 Å². The number of benzene rings is 1. The summed E-state index contributed by atoms with van der Waals surface area (Å²) in [6.07, 6.45) is 1.75. The lowest BCUT2D eigenvalue weighted by atomic mass is 10.1. The number of halogens is 1. The topological polar surface area (TPSA) is 102 Å². The summed E-state index contributed by atoms with van der Waals surface area (Å²) >= 11 is 0. The Labute approximate surface area is 142 Å². The van der Waals surface area contributed by atoms with Crippen molar-refractivity contribution < 1.29 is 17.9 Å². The first-order valence-corrected chi connectivity index (χ1v) is 8.54. The van der Waals surface area contributed by atoms with E-state index in [0.717, 1.165) is 12.8 Å². The summed E-state index contributed by atoms with van der Waals surface area (Å²) in [6.45, 7) is 1.12. The van der Waals surface area contributed by atoms with Gasteiger partial charge < -0.3 is 15.4 Å². The fourth-order valence-electron chi connectivity index (χ4n) is 2.51. The largest absolute Gasteiger partial charge is 0.495 e. The van der Waals surface area contributed by atoms with Gasteiger partial charge in [0.15, 0.2) is 0 Å². The van der Waals surface area contributed by atoms with Gasteiger partial charge in [-0.05, 0) is 38.1 Å². The SMILES string of the molecule is CNS(=O)(=O)c1cc(C(=O)N2CCCC(N)C2)ccc1OC.Cl. The Hall–Kier alpha value is -1.35. The van der Waals surface area contributed by atoms with Crippen LogP contribution in [0.2, 0.25) is 0 Å². The summed E-state index contributed by atoms with van der Waals surface area (Å²) in [4.78, 5) is 14.1. The van der Waals surface area contributed by atoms with E-state index in [1.807, 2.05) is 0 Å². The molecule has 1 unspecified atom stereocenters. The second-order valence-corrected chi connectivity index (χ2v) is 7.08. The monoisotopic (exact) mass is 363 g/mol. The number of methoxy groups -OCH3 is 1. The number of nitrogens with one attached hydrogen (secondary N) is 1. The summed E-state index contributed by atoms with van der Waals surface area (Å²) in [7, 11) is -1.01. The Morgan fingerprint density at radius 3 is 2.70 bits per heavy atom. The first-order valence-electron chi connectivity index (χ1n) is 7.05. The molecule has 0 aromatic heterocycles. The lowest BCUT2D eigenvalue weighted by Gasteiger charge is -2.31. The van der Waals surface area contributed by atoms with Crippen LogP contribution in [0.1, 0.15) is 23.2 Å². The molecule has 9 heteroatoms. The summed E-state index contributed by atoms with van der Waals surface area (Å²) < 4.78 is 31.4. The van der Waals surface area contributed by atoms with Gasteiger partial charge in [0.2, 0.25) is 10.0 Å². The second-order valence-electron chi connectivity index (χ2n) is 5.23. The highest BCUT2D eigenvalue weighted by Gasteiger charge is 2.25.